The third kappa shape index (κ3) is 1.38. The Labute approximate surface area is 74.7 Å². The predicted octanol–water partition coefficient (Wildman–Crippen LogP) is 1.56. The molecule has 1 aliphatic carbocycles. The summed E-state index contributed by atoms with van der Waals surface area (Å²) in [6, 6.07) is 0. The minimum atomic E-state index is 0.205. The molecule has 1 aliphatic heterocycles. The Kier molecular flexibility index (Phi) is 2.37. The maximum absolute atomic E-state index is 5.96. The van der Waals surface area contributed by atoms with Crippen molar-refractivity contribution in [2.75, 3.05) is 19.7 Å². The van der Waals surface area contributed by atoms with Crippen molar-refractivity contribution in [3.05, 3.63) is 0 Å². The SMILES string of the molecule is CC1CCCCC12CNCCO2. The second kappa shape index (κ2) is 3.35. The van der Waals surface area contributed by atoms with Crippen LogP contribution in [-0.2, 0) is 4.74 Å². The van der Waals surface area contributed by atoms with Gasteiger partial charge in [-0.2, -0.15) is 0 Å². The number of nitrogens with one attached hydrogen (secondary N) is 1. The fraction of sp³-hybridized carbons (Fsp3) is 1.00. The van der Waals surface area contributed by atoms with E-state index in [1.54, 1.807) is 0 Å². The lowest BCUT2D eigenvalue weighted by molar-refractivity contribution is -0.119. The summed E-state index contributed by atoms with van der Waals surface area (Å²) in [5.74, 6) is 0.749. The number of ether oxygens (including phenoxy) is 1. The van der Waals surface area contributed by atoms with Crippen LogP contribution in [0, 0.1) is 5.92 Å². The molecule has 2 fully saturated rings. The van der Waals surface area contributed by atoms with E-state index in [1.807, 2.05) is 0 Å². The molecule has 2 rings (SSSR count). The quantitative estimate of drug-likeness (QED) is 0.594. The summed E-state index contributed by atoms with van der Waals surface area (Å²) < 4.78 is 5.96. The Hall–Kier alpha value is -0.0800. The first-order valence-corrected chi connectivity index (χ1v) is 5.18. The van der Waals surface area contributed by atoms with Crippen LogP contribution in [0.15, 0.2) is 0 Å². The lowest BCUT2D eigenvalue weighted by Gasteiger charge is -2.45. The average Bonchev–Trinajstić information content (AvgIpc) is 2.12. The number of hydrogen-bond acceptors (Lipinski definition) is 2. The number of hydrogen-bond donors (Lipinski definition) is 1. The van der Waals surface area contributed by atoms with Crippen LogP contribution >= 0.6 is 0 Å². The Morgan fingerprint density at radius 2 is 2.33 bits per heavy atom. The van der Waals surface area contributed by atoms with Gasteiger partial charge in [0.05, 0.1) is 12.2 Å². The van der Waals surface area contributed by atoms with Crippen molar-refractivity contribution < 1.29 is 4.74 Å². The molecule has 0 aromatic heterocycles. The smallest absolute Gasteiger partial charge is 0.0832 e. The summed E-state index contributed by atoms with van der Waals surface area (Å²) >= 11 is 0. The zero-order valence-corrected chi connectivity index (χ0v) is 7.94. The largest absolute Gasteiger partial charge is 0.372 e. The van der Waals surface area contributed by atoms with E-state index in [9.17, 15) is 0 Å². The van der Waals surface area contributed by atoms with Gasteiger partial charge in [-0.15, -0.1) is 0 Å². The van der Waals surface area contributed by atoms with Crippen molar-refractivity contribution in [2.24, 2.45) is 5.92 Å². The molecule has 70 valence electrons. The van der Waals surface area contributed by atoms with E-state index >= 15 is 0 Å². The van der Waals surface area contributed by atoms with Gasteiger partial charge in [0.1, 0.15) is 0 Å². The average molecular weight is 169 g/mol. The van der Waals surface area contributed by atoms with Crippen LogP contribution in [0.2, 0.25) is 0 Å². The van der Waals surface area contributed by atoms with Crippen molar-refractivity contribution in [2.45, 2.75) is 38.2 Å². The summed E-state index contributed by atoms with van der Waals surface area (Å²) in [6.45, 7) is 5.36. The highest BCUT2D eigenvalue weighted by molar-refractivity contribution is 4.93. The highest BCUT2D eigenvalue weighted by atomic mass is 16.5. The van der Waals surface area contributed by atoms with E-state index in [0.29, 0.717) is 0 Å². The summed E-state index contributed by atoms with van der Waals surface area (Å²) in [4.78, 5) is 0. The molecule has 1 saturated carbocycles. The summed E-state index contributed by atoms with van der Waals surface area (Å²) in [7, 11) is 0. The molecule has 0 aromatic rings. The van der Waals surface area contributed by atoms with Crippen LogP contribution in [0.5, 0.6) is 0 Å². The molecule has 0 aromatic carbocycles. The van der Waals surface area contributed by atoms with Gasteiger partial charge in [-0.1, -0.05) is 19.8 Å². The molecule has 0 radical (unpaired) electrons. The van der Waals surface area contributed by atoms with Gasteiger partial charge in [0.25, 0.3) is 0 Å². The third-order valence-corrected chi connectivity index (χ3v) is 3.48. The van der Waals surface area contributed by atoms with E-state index in [1.165, 1.54) is 25.7 Å². The number of rotatable bonds is 0. The molecule has 0 bridgehead atoms. The zero-order valence-electron chi connectivity index (χ0n) is 7.94. The van der Waals surface area contributed by atoms with Gasteiger partial charge >= 0.3 is 0 Å². The van der Waals surface area contributed by atoms with Crippen LogP contribution in [0.3, 0.4) is 0 Å². The van der Waals surface area contributed by atoms with Gasteiger partial charge < -0.3 is 10.1 Å². The van der Waals surface area contributed by atoms with Gasteiger partial charge in [0, 0.05) is 13.1 Å². The second-order valence-electron chi connectivity index (χ2n) is 4.24. The molecular weight excluding hydrogens is 150 g/mol. The molecular formula is C10H19NO. The van der Waals surface area contributed by atoms with Crippen molar-refractivity contribution in [3.8, 4) is 0 Å². The lowest BCUT2D eigenvalue weighted by atomic mass is 9.75. The van der Waals surface area contributed by atoms with Crippen LogP contribution in [0.4, 0.5) is 0 Å². The Morgan fingerprint density at radius 1 is 1.42 bits per heavy atom. The van der Waals surface area contributed by atoms with E-state index < -0.39 is 0 Å². The van der Waals surface area contributed by atoms with Crippen LogP contribution in [-0.4, -0.2) is 25.3 Å². The predicted molar refractivity (Wildman–Crippen MR) is 49.2 cm³/mol. The van der Waals surface area contributed by atoms with Crippen molar-refractivity contribution in [1.82, 2.24) is 5.32 Å². The molecule has 1 saturated heterocycles. The van der Waals surface area contributed by atoms with E-state index in [4.69, 9.17) is 4.74 Å². The topological polar surface area (TPSA) is 21.3 Å². The normalized spacial score (nSPS) is 43.2. The van der Waals surface area contributed by atoms with Gasteiger partial charge in [-0.25, -0.2) is 0 Å². The highest BCUT2D eigenvalue weighted by Crippen LogP contribution is 2.36. The van der Waals surface area contributed by atoms with Crippen LogP contribution in [0.25, 0.3) is 0 Å². The molecule has 2 nitrogen and oxygen atoms in total. The number of morpholine rings is 1. The summed E-state index contributed by atoms with van der Waals surface area (Å²) in [5, 5.41) is 3.45. The molecule has 0 amide bonds. The van der Waals surface area contributed by atoms with Gasteiger partial charge in [-0.05, 0) is 18.8 Å². The first-order chi connectivity index (χ1) is 5.83. The maximum atomic E-state index is 5.96. The van der Waals surface area contributed by atoms with Crippen molar-refractivity contribution in [1.29, 1.82) is 0 Å². The van der Waals surface area contributed by atoms with Gasteiger partial charge in [0.2, 0.25) is 0 Å². The molecule has 2 aliphatic rings. The Bertz CT molecular complexity index is 144. The molecule has 12 heavy (non-hydrogen) atoms. The Morgan fingerprint density at radius 3 is 3.00 bits per heavy atom. The molecule has 1 N–H and O–H groups in total. The van der Waals surface area contributed by atoms with Gasteiger partial charge in [-0.3, -0.25) is 0 Å². The molecule has 2 unspecified atom stereocenters. The Balaban J connectivity index is 2.04. The van der Waals surface area contributed by atoms with Crippen LogP contribution in [0.1, 0.15) is 32.6 Å². The van der Waals surface area contributed by atoms with E-state index in [-0.39, 0.29) is 5.60 Å². The zero-order chi connectivity index (χ0) is 8.44. The minimum absolute atomic E-state index is 0.205. The van der Waals surface area contributed by atoms with E-state index in [0.717, 1.165) is 25.6 Å². The van der Waals surface area contributed by atoms with E-state index in [2.05, 4.69) is 12.2 Å². The molecule has 2 atom stereocenters. The van der Waals surface area contributed by atoms with Crippen molar-refractivity contribution in [3.63, 3.8) is 0 Å². The molecule has 1 spiro atoms. The molecule has 1 heterocycles. The minimum Gasteiger partial charge on any atom is -0.372 e. The van der Waals surface area contributed by atoms with Crippen molar-refractivity contribution >= 4 is 0 Å². The second-order valence-corrected chi connectivity index (χ2v) is 4.24. The van der Waals surface area contributed by atoms with Gasteiger partial charge in [0.15, 0.2) is 0 Å². The first-order valence-electron chi connectivity index (χ1n) is 5.18. The first kappa shape index (κ1) is 8.52. The fourth-order valence-electron chi connectivity index (χ4n) is 2.54. The highest BCUT2D eigenvalue weighted by Gasteiger charge is 2.40. The summed E-state index contributed by atoms with van der Waals surface area (Å²) in [5.41, 5.74) is 0.205. The molecule has 2 heteroatoms. The lowest BCUT2D eigenvalue weighted by Crippen LogP contribution is -2.54. The maximum Gasteiger partial charge on any atom is 0.0832 e. The standard InChI is InChI=1S/C10H19NO/c1-9-4-2-3-5-10(9)8-11-6-7-12-10/h9,11H,2-8H2,1H3. The monoisotopic (exact) mass is 169 g/mol. The van der Waals surface area contributed by atoms with Crippen LogP contribution < -0.4 is 5.32 Å². The third-order valence-electron chi connectivity index (χ3n) is 3.48. The summed E-state index contributed by atoms with van der Waals surface area (Å²) in [6.07, 6.45) is 5.36. The fourth-order valence-corrected chi connectivity index (χ4v) is 2.54.